The number of hydrogen-bond acceptors (Lipinski definition) is 4. The summed E-state index contributed by atoms with van der Waals surface area (Å²) >= 11 is 6.10. The van der Waals surface area contributed by atoms with Crippen molar-refractivity contribution in [2.45, 2.75) is 18.2 Å². The van der Waals surface area contributed by atoms with Crippen LogP contribution in [0.15, 0.2) is 90.1 Å². The maximum absolute atomic E-state index is 12.9. The van der Waals surface area contributed by atoms with Crippen LogP contribution in [-0.2, 0) is 16.4 Å². The summed E-state index contributed by atoms with van der Waals surface area (Å²) in [7, 11) is -3.93. The van der Waals surface area contributed by atoms with Gasteiger partial charge in [0, 0.05) is 34.6 Å². The van der Waals surface area contributed by atoms with Crippen molar-refractivity contribution >= 4 is 38.3 Å². The van der Waals surface area contributed by atoms with Gasteiger partial charge in [0.25, 0.3) is 10.0 Å². The van der Waals surface area contributed by atoms with Crippen molar-refractivity contribution in [2.75, 3.05) is 4.72 Å². The molecule has 0 saturated carbocycles. The van der Waals surface area contributed by atoms with Crippen LogP contribution in [0.5, 0.6) is 0 Å². The zero-order valence-corrected chi connectivity index (χ0v) is 19.9. The number of halogens is 1. The second-order valence-electron chi connectivity index (χ2n) is 7.94. The van der Waals surface area contributed by atoms with E-state index < -0.39 is 10.0 Å². The Morgan fingerprint density at radius 2 is 1.62 bits per heavy atom. The predicted molar refractivity (Wildman–Crippen MR) is 136 cm³/mol. The number of nitrogens with one attached hydrogen (secondary N) is 2. The summed E-state index contributed by atoms with van der Waals surface area (Å²) in [4.78, 5) is 12.0. The Hall–Kier alpha value is -3.68. The Balaban J connectivity index is 1.43. The van der Waals surface area contributed by atoms with Gasteiger partial charge in [0.15, 0.2) is 5.82 Å². The number of rotatable bonds is 6. The van der Waals surface area contributed by atoms with E-state index in [1.165, 1.54) is 35.5 Å². The number of anilines is 1. The third kappa shape index (κ3) is 4.27. The van der Waals surface area contributed by atoms with Crippen LogP contribution < -0.4 is 4.72 Å². The molecule has 5 rings (SSSR count). The molecular formula is C26H21ClN4O2S. The van der Waals surface area contributed by atoms with Crippen molar-refractivity contribution in [3.05, 3.63) is 107 Å². The Labute approximate surface area is 202 Å². The van der Waals surface area contributed by atoms with Crippen molar-refractivity contribution < 1.29 is 8.42 Å². The van der Waals surface area contributed by atoms with Crippen LogP contribution in [0, 0.1) is 6.92 Å². The van der Waals surface area contributed by atoms with E-state index in [0.29, 0.717) is 5.69 Å². The number of benzene rings is 3. The van der Waals surface area contributed by atoms with Crippen LogP contribution >= 0.6 is 11.6 Å². The Kier molecular flexibility index (Phi) is 5.81. The summed E-state index contributed by atoms with van der Waals surface area (Å²) in [5, 5.41) is 1.35. The largest absolute Gasteiger partial charge is 0.358 e. The molecule has 6 nitrogen and oxygen atoms in total. The fourth-order valence-electron chi connectivity index (χ4n) is 4.02. The monoisotopic (exact) mass is 488 g/mol. The molecule has 0 unspecified atom stereocenters. The first kappa shape index (κ1) is 22.1. The van der Waals surface area contributed by atoms with E-state index in [1.807, 2.05) is 36.4 Å². The second kappa shape index (κ2) is 8.93. The molecule has 0 aliphatic carbocycles. The maximum Gasteiger partial charge on any atom is 0.264 e. The Morgan fingerprint density at radius 1 is 0.912 bits per heavy atom. The van der Waals surface area contributed by atoms with Crippen LogP contribution in [0.2, 0.25) is 5.02 Å². The number of H-pyrrole nitrogens is 1. The number of fused-ring (bicyclic) bond motifs is 1. The van der Waals surface area contributed by atoms with Gasteiger partial charge in [-0.25, -0.2) is 13.4 Å². The first-order chi connectivity index (χ1) is 16.4. The zero-order chi connectivity index (χ0) is 23.7. The lowest BCUT2D eigenvalue weighted by Crippen LogP contribution is -2.15. The molecule has 0 radical (unpaired) electrons. The van der Waals surface area contributed by atoms with E-state index >= 15 is 0 Å². The van der Waals surface area contributed by atoms with Crippen LogP contribution in [0.25, 0.3) is 22.2 Å². The lowest BCUT2D eigenvalue weighted by atomic mass is 10.0. The van der Waals surface area contributed by atoms with Crippen LogP contribution in [-0.4, -0.2) is 23.4 Å². The Bertz CT molecular complexity index is 1600. The van der Waals surface area contributed by atoms with E-state index in [-0.39, 0.29) is 15.7 Å². The lowest BCUT2D eigenvalue weighted by Gasteiger charge is -2.12. The number of aromatic amines is 1. The molecule has 0 spiro atoms. The molecule has 0 aliphatic rings. The standard InChI is InChI=1S/C26H21ClN4O2S/c1-17-21(20-6-2-4-8-23(20)30-17)16-18-10-12-19(13-11-18)25-26(29-15-14-28-25)31-34(32,33)24-9-5-3-7-22(24)27/h2-15,30H,16H2,1H3,(H,29,31). The molecule has 170 valence electrons. The number of para-hydroxylation sites is 1. The highest BCUT2D eigenvalue weighted by molar-refractivity contribution is 7.92. The van der Waals surface area contributed by atoms with Crippen molar-refractivity contribution in [3.63, 3.8) is 0 Å². The van der Waals surface area contributed by atoms with Crippen molar-refractivity contribution in [3.8, 4) is 11.3 Å². The van der Waals surface area contributed by atoms with E-state index in [2.05, 4.69) is 38.7 Å². The van der Waals surface area contributed by atoms with Crippen LogP contribution in [0.1, 0.15) is 16.8 Å². The molecule has 34 heavy (non-hydrogen) atoms. The summed E-state index contributed by atoms with van der Waals surface area (Å²) in [6.07, 6.45) is 3.76. The number of nitrogens with zero attached hydrogens (tertiary/aromatic N) is 2. The normalized spacial score (nSPS) is 11.6. The molecule has 5 aromatic rings. The SMILES string of the molecule is Cc1[nH]c2ccccc2c1Cc1ccc(-c2nccnc2NS(=O)(=O)c2ccccc2Cl)cc1. The molecular weight excluding hydrogens is 468 g/mol. The number of aromatic nitrogens is 3. The van der Waals surface area contributed by atoms with Crippen LogP contribution in [0.4, 0.5) is 5.82 Å². The number of aryl methyl sites for hydroxylation is 1. The third-order valence-corrected chi connectivity index (χ3v) is 7.53. The van der Waals surface area contributed by atoms with Gasteiger partial charge in [-0.15, -0.1) is 0 Å². The maximum atomic E-state index is 12.9. The average molecular weight is 489 g/mol. The molecule has 0 atom stereocenters. The zero-order valence-electron chi connectivity index (χ0n) is 18.3. The molecule has 2 heterocycles. The van der Waals surface area contributed by atoms with Gasteiger partial charge in [-0.2, -0.15) is 0 Å². The van der Waals surface area contributed by atoms with Gasteiger partial charge < -0.3 is 4.98 Å². The summed E-state index contributed by atoms with van der Waals surface area (Å²) in [6.45, 7) is 2.08. The molecule has 2 aromatic heterocycles. The number of sulfonamides is 1. The predicted octanol–water partition coefficient (Wildman–Crippen LogP) is 5.98. The highest BCUT2D eigenvalue weighted by Gasteiger charge is 2.20. The van der Waals surface area contributed by atoms with Gasteiger partial charge in [-0.3, -0.25) is 9.71 Å². The molecule has 3 aromatic carbocycles. The van der Waals surface area contributed by atoms with Gasteiger partial charge in [0.2, 0.25) is 0 Å². The Morgan fingerprint density at radius 3 is 2.41 bits per heavy atom. The molecule has 0 fully saturated rings. The lowest BCUT2D eigenvalue weighted by molar-refractivity contribution is 0.601. The minimum atomic E-state index is -3.93. The van der Waals surface area contributed by atoms with Gasteiger partial charge in [0.05, 0.1) is 5.02 Å². The van der Waals surface area contributed by atoms with Gasteiger partial charge in [-0.1, -0.05) is 66.2 Å². The van der Waals surface area contributed by atoms with Crippen molar-refractivity contribution in [1.29, 1.82) is 0 Å². The van der Waals surface area contributed by atoms with E-state index in [9.17, 15) is 8.42 Å². The molecule has 0 amide bonds. The minimum Gasteiger partial charge on any atom is -0.358 e. The summed E-state index contributed by atoms with van der Waals surface area (Å²) in [5.41, 5.74) is 5.86. The number of hydrogen-bond donors (Lipinski definition) is 2. The van der Waals surface area contributed by atoms with Gasteiger partial charge in [-0.05, 0) is 42.7 Å². The van der Waals surface area contributed by atoms with Crippen LogP contribution in [0.3, 0.4) is 0 Å². The highest BCUT2D eigenvalue weighted by atomic mass is 35.5. The van der Waals surface area contributed by atoms with Crippen molar-refractivity contribution in [2.24, 2.45) is 0 Å². The molecule has 8 heteroatoms. The fourth-order valence-corrected chi connectivity index (χ4v) is 5.55. The highest BCUT2D eigenvalue weighted by Crippen LogP contribution is 2.29. The molecule has 0 bridgehead atoms. The van der Waals surface area contributed by atoms with Gasteiger partial charge >= 0.3 is 0 Å². The smallest absolute Gasteiger partial charge is 0.264 e. The summed E-state index contributed by atoms with van der Waals surface area (Å²) in [6, 6.07) is 22.4. The first-order valence-corrected chi connectivity index (χ1v) is 12.5. The molecule has 0 aliphatic heterocycles. The van der Waals surface area contributed by atoms with E-state index in [0.717, 1.165) is 28.8 Å². The van der Waals surface area contributed by atoms with Crippen molar-refractivity contribution in [1.82, 2.24) is 15.0 Å². The summed E-state index contributed by atoms with van der Waals surface area (Å²) < 4.78 is 28.4. The topological polar surface area (TPSA) is 87.7 Å². The fraction of sp³-hybridized carbons (Fsp3) is 0.0769. The molecule has 0 saturated heterocycles. The van der Waals surface area contributed by atoms with E-state index in [4.69, 9.17) is 11.6 Å². The molecule has 2 N–H and O–H groups in total. The quantitative estimate of drug-likeness (QED) is 0.308. The average Bonchev–Trinajstić information content (AvgIpc) is 3.15. The summed E-state index contributed by atoms with van der Waals surface area (Å²) in [5.74, 6) is 0.141. The minimum absolute atomic E-state index is 0.0160. The second-order valence-corrected chi connectivity index (χ2v) is 10.00. The third-order valence-electron chi connectivity index (χ3n) is 5.69. The van der Waals surface area contributed by atoms with Gasteiger partial charge in [0.1, 0.15) is 10.6 Å². The van der Waals surface area contributed by atoms with E-state index in [1.54, 1.807) is 12.1 Å². The first-order valence-electron chi connectivity index (χ1n) is 10.7.